The lowest BCUT2D eigenvalue weighted by Crippen LogP contribution is -2.61. The molecule has 0 amide bonds. The van der Waals surface area contributed by atoms with Gasteiger partial charge in [-0.1, -0.05) is 74.7 Å². The van der Waals surface area contributed by atoms with Crippen molar-refractivity contribution < 1.29 is 20.1 Å². The van der Waals surface area contributed by atoms with E-state index in [0.717, 1.165) is 33.8 Å². The lowest BCUT2D eigenvalue weighted by molar-refractivity contribution is -0.145. The van der Waals surface area contributed by atoms with Crippen molar-refractivity contribution in [1.29, 1.82) is 0 Å². The normalized spacial score (nSPS) is 36.3. The number of hydrogen-bond acceptors (Lipinski definition) is 3. The van der Waals surface area contributed by atoms with Crippen LogP contribution < -0.4 is 0 Å². The van der Waals surface area contributed by atoms with E-state index in [2.05, 4.69) is 86.0 Å². The third-order valence-electron chi connectivity index (χ3n) is 13.1. The molecule has 43 heavy (non-hydrogen) atoms. The number of hydrogen-bond donors (Lipinski definition) is 4. The molecule has 7 atom stereocenters. The number of fused-ring (bicyclic) bond motifs is 8. The molecule has 4 N–H and O–H groups in total. The summed E-state index contributed by atoms with van der Waals surface area (Å²) < 4.78 is 1.06. The second-order valence-electron chi connectivity index (χ2n) is 15.1. The molecule has 0 bridgehead atoms. The van der Waals surface area contributed by atoms with Gasteiger partial charge in [0.15, 0.2) is 11.5 Å². The van der Waals surface area contributed by atoms with E-state index in [-0.39, 0.29) is 40.1 Å². The van der Waals surface area contributed by atoms with Crippen molar-refractivity contribution in [3.8, 4) is 11.5 Å². The Labute approximate surface area is 263 Å². The van der Waals surface area contributed by atoms with E-state index in [1.54, 1.807) is 5.57 Å². The summed E-state index contributed by atoms with van der Waals surface area (Å²) in [5.41, 5.74) is 7.70. The van der Waals surface area contributed by atoms with Crippen LogP contribution in [0.25, 0.3) is 10.9 Å². The molecule has 7 rings (SSSR count). The van der Waals surface area contributed by atoms with Crippen LogP contribution in [0.15, 0.2) is 46.6 Å². The van der Waals surface area contributed by atoms with Gasteiger partial charge in [-0.15, -0.1) is 0 Å². The van der Waals surface area contributed by atoms with E-state index >= 15 is 0 Å². The van der Waals surface area contributed by atoms with Crippen LogP contribution in [-0.4, -0.2) is 26.8 Å². The van der Waals surface area contributed by atoms with Crippen LogP contribution in [0.4, 0.5) is 0 Å². The number of carboxylic acid groups (broad SMARTS) is 1. The number of benzene rings is 2. The van der Waals surface area contributed by atoms with E-state index in [9.17, 15) is 10.2 Å². The molecule has 3 aromatic rings. The van der Waals surface area contributed by atoms with Crippen LogP contribution in [-0.2, 0) is 10.2 Å². The minimum atomic E-state index is -0.250. The number of rotatable bonds is 1. The van der Waals surface area contributed by atoms with E-state index in [1.807, 2.05) is 13.0 Å². The van der Waals surface area contributed by atoms with Gasteiger partial charge in [-0.05, 0) is 114 Å². The molecule has 3 saturated carbocycles. The molecule has 0 aliphatic heterocycles. The van der Waals surface area contributed by atoms with Crippen molar-refractivity contribution in [2.45, 2.75) is 97.8 Å². The number of halogens is 1. The van der Waals surface area contributed by atoms with Gasteiger partial charge in [0.05, 0.1) is 0 Å². The summed E-state index contributed by atoms with van der Waals surface area (Å²) >= 11 is 3.64. The predicted octanol–water partition coefficient (Wildman–Crippen LogP) is 9.72. The highest BCUT2D eigenvalue weighted by molar-refractivity contribution is 9.10. The van der Waals surface area contributed by atoms with Crippen LogP contribution in [0.5, 0.6) is 11.5 Å². The molecule has 0 saturated heterocycles. The Morgan fingerprint density at radius 3 is 2.47 bits per heavy atom. The van der Waals surface area contributed by atoms with Gasteiger partial charge in [-0.3, -0.25) is 4.79 Å². The van der Waals surface area contributed by atoms with Gasteiger partial charge in [0.2, 0.25) is 0 Å². The van der Waals surface area contributed by atoms with E-state index in [1.165, 1.54) is 60.6 Å². The number of carbonyl (C=O) groups is 1. The molecule has 0 radical (unpaired) electrons. The minimum absolute atomic E-state index is 0.0103. The molecule has 4 aliphatic carbocycles. The van der Waals surface area contributed by atoms with Crippen LogP contribution in [0.1, 0.15) is 108 Å². The van der Waals surface area contributed by atoms with E-state index in [0.29, 0.717) is 5.41 Å². The minimum Gasteiger partial charge on any atom is -0.504 e. The van der Waals surface area contributed by atoms with Gasteiger partial charge in [0, 0.05) is 32.9 Å². The average molecular weight is 649 g/mol. The molecule has 1 heterocycles. The van der Waals surface area contributed by atoms with Gasteiger partial charge >= 0.3 is 0 Å². The standard InChI is InChI=1S/C36H44BrNO2.CH2O2/c1-20-9-10-33(3)11-13-36(6)30-17-24(25-19-38-27-16-22(37)7-8-23(25)27)31-21(2)32(40)28(39)18-26(31)34(30,4)12-14-35(36,5)29(33)15-20;2-1-3/h7-8,16-20,24,29,38-40H,9-15H2,1-6H3;1H,(H,2,3)/t20-,24-,29+,33+,34-,35-,36+;/m0./s1. The monoisotopic (exact) mass is 647 g/mol. The largest absolute Gasteiger partial charge is 0.504 e. The second kappa shape index (κ2) is 10.2. The highest BCUT2D eigenvalue weighted by Gasteiger charge is 2.65. The van der Waals surface area contributed by atoms with Crippen LogP contribution in [0.2, 0.25) is 0 Å². The van der Waals surface area contributed by atoms with Crippen molar-refractivity contribution in [2.75, 3.05) is 0 Å². The summed E-state index contributed by atoms with van der Waals surface area (Å²) in [5.74, 6) is 1.57. The maximum atomic E-state index is 11.0. The summed E-state index contributed by atoms with van der Waals surface area (Å²) in [5, 5.41) is 30.1. The van der Waals surface area contributed by atoms with Crippen LogP contribution >= 0.6 is 15.9 Å². The molecule has 1 aromatic heterocycles. The third kappa shape index (κ3) is 4.18. The van der Waals surface area contributed by atoms with E-state index < -0.39 is 0 Å². The van der Waals surface area contributed by atoms with Crippen molar-refractivity contribution >= 4 is 33.3 Å². The zero-order valence-electron chi connectivity index (χ0n) is 26.4. The average Bonchev–Trinajstić information content (AvgIpc) is 3.37. The fraction of sp³-hybridized carbons (Fsp3) is 0.541. The lowest BCUT2D eigenvalue weighted by atomic mass is 9.35. The maximum absolute atomic E-state index is 11.0. The molecule has 0 spiro atoms. The quantitative estimate of drug-likeness (QED) is 0.120. The molecule has 5 nitrogen and oxygen atoms in total. The predicted molar refractivity (Wildman–Crippen MR) is 176 cm³/mol. The molecule has 2 aromatic carbocycles. The Kier molecular flexibility index (Phi) is 7.15. The lowest BCUT2D eigenvalue weighted by Gasteiger charge is -2.69. The van der Waals surface area contributed by atoms with E-state index in [4.69, 9.17) is 9.90 Å². The highest BCUT2D eigenvalue weighted by Crippen LogP contribution is 2.74. The van der Waals surface area contributed by atoms with Crippen molar-refractivity contribution in [3.63, 3.8) is 0 Å². The van der Waals surface area contributed by atoms with Crippen LogP contribution in [0.3, 0.4) is 0 Å². The number of phenolic OH excluding ortho intramolecular Hbond substituents is 2. The first-order valence-electron chi connectivity index (χ1n) is 15.9. The Balaban J connectivity index is 0.00000105. The summed E-state index contributed by atoms with van der Waals surface area (Å²) in [6.45, 7) is 14.5. The fourth-order valence-electron chi connectivity index (χ4n) is 10.4. The van der Waals surface area contributed by atoms with Gasteiger partial charge in [0.1, 0.15) is 0 Å². The molecule has 3 fully saturated rings. The number of aromatic nitrogens is 1. The number of aromatic amines is 1. The zero-order chi connectivity index (χ0) is 31.1. The Morgan fingerprint density at radius 2 is 1.74 bits per heavy atom. The number of phenols is 2. The summed E-state index contributed by atoms with van der Waals surface area (Å²) in [4.78, 5) is 11.9. The van der Waals surface area contributed by atoms with Gasteiger partial charge in [-0.25, -0.2) is 0 Å². The molecule has 0 unspecified atom stereocenters. The Hall–Kier alpha value is -2.73. The highest BCUT2D eigenvalue weighted by atomic mass is 79.9. The topological polar surface area (TPSA) is 93.5 Å². The summed E-state index contributed by atoms with van der Waals surface area (Å²) in [6, 6.07) is 8.37. The first kappa shape index (κ1) is 30.3. The fourth-order valence-corrected chi connectivity index (χ4v) is 10.8. The smallest absolute Gasteiger partial charge is 0.290 e. The molecule has 6 heteroatoms. The van der Waals surface area contributed by atoms with Crippen LogP contribution in [0, 0.1) is 35.0 Å². The molecular formula is C37H46BrNO4. The zero-order valence-corrected chi connectivity index (χ0v) is 27.9. The third-order valence-corrected chi connectivity index (χ3v) is 13.6. The van der Waals surface area contributed by atoms with Gasteiger partial charge in [0.25, 0.3) is 6.47 Å². The molecular weight excluding hydrogens is 602 g/mol. The Morgan fingerprint density at radius 1 is 1.02 bits per heavy atom. The van der Waals surface area contributed by atoms with Gasteiger partial charge < -0.3 is 20.3 Å². The van der Waals surface area contributed by atoms with Gasteiger partial charge in [-0.2, -0.15) is 0 Å². The number of nitrogens with one attached hydrogen (secondary N) is 1. The number of H-pyrrole nitrogens is 1. The maximum Gasteiger partial charge on any atom is 0.290 e. The summed E-state index contributed by atoms with van der Waals surface area (Å²) in [6.07, 6.45) is 13.7. The first-order valence-corrected chi connectivity index (χ1v) is 16.7. The second-order valence-corrected chi connectivity index (χ2v) is 16.0. The molecule has 4 aliphatic rings. The molecule has 230 valence electrons. The van der Waals surface area contributed by atoms with Crippen molar-refractivity contribution in [1.82, 2.24) is 4.98 Å². The Bertz CT molecular complexity index is 1640. The summed E-state index contributed by atoms with van der Waals surface area (Å²) in [7, 11) is 0. The number of aromatic hydroxyl groups is 2. The SMILES string of the molecule is Cc1c(O)c(O)cc2c1[C@H](c1c[nH]c3cc(Br)ccc13)C=C1[C@@]2(C)CC[C@@]2(C)[C@@H]3C[C@@H](C)CC[C@]3(C)CC[C@]12C.O=CO. The van der Waals surface area contributed by atoms with Crippen molar-refractivity contribution in [3.05, 3.63) is 68.8 Å². The van der Waals surface area contributed by atoms with Crippen molar-refractivity contribution in [2.24, 2.45) is 28.1 Å². The number of allylic oxidation sites excluding steroid dienone is 2. The first-order chi connectivity index (χ1) is 20.2.